The number of nitrogens with zero attached hydrogens (tertiary/aromatic N) is 5. The third-order valence-electron chi connectivity index (χ3n) is 6.05. The monoisotopic (exact) mass is 437 g/mol. The van der Waals surface area contributed by atoms with E-state index in [-0.39, 0.29) is 24.3 Å². The van der Waals surface area contributed by atoms with Gasteiger partial charge in [-0.3, -0.25) is 9.59 Å². The largest absolute Gasteiger partial charge is 0.497 e. The lowest BCUT2D eigenvalue weighted by atomic mass is 10.1. The van der Waals surface area contributed by atoms with Crippen molar-refractivity contribution in [3.05, 3.63) is 36.4 Å². The van der Waals surface area contributed by atoms with Gasteiger partial charge in [0.25, 0.3) is 0 Å². The van der Waals surface area contributed by atoms with Crippen LogP contribution >= 0.6 is 0 Å². The molecular formula is C24H31N5O3. The first-order valence-corrected chi connectivity index (χ1v) is 11.4. The van der Waals surface area contributed by atoms with Crippen LogP contribution in [0.1, 0.15) is 26.2 Å². The molecule has 8 nitrogen and oxygen atoms in total. The van der Waals surface area contributed by atoms with E-state index < -0.39 is 0 Å². The van der Waals surface area contributed by atoms with Crippen molar-refractivity contribution in [2.45, 2.75) is 26.2 Å². The highest BCUT2D eigenvalue weighted by atomic mass is 16.5. The highest BCUT2D eigenvalue weighted by Crippen LogP contribution is 2.31. The van der Waals surface area contributed by atoms with Gasteiger partial charge in [-0.2, -0.15) is 0 Å². The summed E-state index contributed by atoms with van der Waals surface area (Å²) >= 11 is 0. The van der Waals surface area contributed by atoms with Gasteiger partial charge in [0, 0.05) is 44.2 Å². The molecule has 1 saturated heterocycles. The van der Waals surface area contributed by atoms with Crippen molar-refractivity contribution in [2.24, 2.45) is 5.92 Å². The predicted octanol–water partition coefficient (Wildman–Crippen LogP) is 2.45. The third-order valence-corrected chi connectivity index (χ3v) is 6.05. The van der Waals surface area contributed by atoms with Gasteiger partial charge >= 0.3 is 0 Å². The molecule has 2 aromatic rings. The van der Waals surface area contributed by atoms with Gasteiger partial charge in [0.15, 0.2) is 5.82 Å². The quantitative estimate of drug-likeness (QED) is 0.631. The number of amides is 2. The molecule has 1 saturated carbocycles. The molecule has 0 unspecified atom stereocenters. The lowest BCUT2D eigenvalue weighted by Gasteiger charge is -2.36. The van der Waals surface area contributed by atoms with Crippen molar-refractivity contribution >= 4 is 17.6 Å². The van der Waals surface area contributed by atoms with Crippen LogP contribution in [0.5, 0.6) is 5.75 Å². The molecule has 1 aliphatic heterocycles. The number of methoxy groups -OCH3 is 1. The Kier molecular flexibility index (Phi) is 6.87. The number of carbonyl (C=O) groups excluding carboxylic acids is 2. The Bertz CT molecular complexity index is 920. The fourth-order valence-corrected chi connectivity index (χ4v) is 3.98. The number of benzene rings is 1. The number of anilines is 1. The minimum atomic E-state index is 0.0352. The van der Waals surface area contributed by atoms with Gasteiger partial charge in [-0.15, -0.1) is 10.2 Å². The van der Waals surface area contributed by atoms with Gasteiger partial charge in [-0.1, -0.05) is 6.92 Å². The molecule has 4 rings (SSSR count). The second-order valence-corrected chi connectivity index (χ2v) is 8.41. The van der Waals surface area contributed by atoms with Gasteiger partial charge in [-0.05, 0) is 55.7 Å². The number of hydrogen-bond donors (Lipinski definition) is 0. The zero-order valence-corrected chi connectivity index (χ0v) is 18.9. The minimum Gasteiger partial charge on any atom is -0.497 e. The van der Waals surface area contributed by atoms with Crippen molar-refractivity contribution in [1.29, 1.82) is 0 Å². The van der Waals surface area contributed by atoms with Crippen LogP contribution in [0.25, 0.3) is 11.3 Å². The Hall–Kier alpha value is -3.16. The summed E-state index contributed by atoms with van der Waals surface area (Å²) in [4.78, 5) is 31.0. The Morgan fingerprint density at radius 1 is 1.03 bits per heavy atom. The normalized spacial score (nSPS) is 16.1. The molecule has 1 aliphatic carbocycles. The van der Waals surface area contributed by atoms with Crippen LogP contribution < -0.4 is 9.64 Å². The molecule has 8 heteroatoms. The fraction of sp³-hybridized carbons (Fsp3) is 0.500. The Morgan fingerprint density at radius 3 is 2.31 bits per heavy atom. The molecule has 1 aromatic heterocycles. The molecule has 2 heterocycles. The van der Waals surface area contributed by atoms with E-state index in [1.165, 1.54) is 0 Å². The first-order valence-electron chi connectivity index (χ1n) is 11.4. The second-order valence-electron chi connectivity index (χ2n) is 8.41. The number of carbonyl (C=O) groups is 2. The predicted molar refractivity (Wildman–Crippen MR) is 122 cm³/mol. The fourth-order valence-electron chi connectivity index (χ4n) is 3.98. The lowest BCUT2D eigenvalue weighted by Crippen LogP contribution is -2.52. The average Bonchev–Trinajstić information content (AvgIpc) is 3.69. The third kappa shape index (κ3) is 5.18. The first kappa shape index (κ1) is 22.0. The van der Waals surface area contributed by atoms with E-state index in [4.69, 9.17) is 4.74 Å². The SMILES string of the molecule is CCCN(CC(=O)N1CCN(c2ccc(-c3ccc(OC)cc3)nn2)CC1)C(=O)C1CC1. The van der Waals surface area contributed by atoms with E-state index in [9.17, 15) is 9.59 Å². The molecule has 2 amide bonds. The van der Waals surface area contributed by atoms with E-state index >= 15 is 0 Å². The smallest absolute Gasteiger partial charge is 0.242 e. The van der Waals surface area contributed by atoms with Crippen molar-refractivity contribution in [1.82, 2.24) is 20.0 Å². The van der Waals surface area contributed by atoms with Crippen LogP contribution in [0.4, 0.5) is 5.82 Å². The van der Waals surface area contributed by atoms with Crippen molar-refractivity contribution in [3.63, 3.8) is 0 Å². The Balaban J connectivity index is 1.30. The van der Waals surface area contributed by atoms with Crippen LogP contribution in [-0.2, 0) is 9.59 Å². The lowest BCUT2D eigenvalue weighted by molar-refractivity contribution is -0.141. The van der Waals surface area contributed by atoms with Gasteiger partial charge in [0.05, 0.1) is 19.3 Å². The summed E-state index contributed by atoms with van der Waals surface area (Å²) in [5, 5.41) is 8.78. The molecule has 2 aliphatic rings. The molecular weight excluding hydrogens is 406 g/mol. The van der Waals surface area contributed by atoms with Crippen LogP contribution in [0.2, 0.25) is 0 Å². The second kappa shape index (κ2) is 9.97. The maximum absolute atomic E-state index is 12.8. The number of piperazine rings is 1. The van der Waals surface area contributed by atoms with Crippen molar-refractivity contribution in [3.8, 4) is 17.0 Å². The van der Waals surface area contributed by atoms with Gasteiger partial charge in [0.2, 0.25) is 11.8 Å². The van der Waals surface area contributed by atoms with E-state index in [2.05, 4.69) is 15.1 Å². The summed E-state index contributed by atoms with van der Waals surface area (Å²) in [5.74, 6) is 1.94. The molecule has 2 fully saturated rings. The summed E-state index contributed by atoms with van der Waals surface area (Å²) in [5.41, 5.74) is 1.79. The number of hydrogen-bond acceptors (Lipinski definition) is 6. The zero-order chi connectivity index (χ0) is 22.5. The standard InChI is InChI=1S/C24H31N5O3/c1-3-12-29(24(31)19-4-5-19)17-23(30)28-15-13-27(14-16-28)22-11-10-21(25-26-22)18-6-8-20(32-2)9-7-18/h6-11,19H,3-5,12-17H2,1-2H3. The average molecular weight is 438 g/mol. The molecule has 1 aromatic carbocycles. The molecule has 32 heavy (non-hydrogen) atoms. The maximum Gasteiger partial charge on any atom is 0.242 e. The number of rotatable bonds is 8. The zero-order valence-electron chi connectivity index (χ0n) is 18.9. The maximum atomic E-state index is 12.8. The summed E-state index contributed by atoms with van der Waals surface area (Å²) in [7, 11) is 1.64. The van der Waals surface area contributed by atoms with E-state index in [0.29, 0.717) is 32.7 Å². The summed E-state index contributed by atoms with van der Waals surface area (Å²) in [6, 6.07) is 11.7. The van der Waals surface area contributed by atoms with E-state index in [0.717, 1.165) is 42.1 Å². The van der Waals surface area contributed by atoms with Gasteiger partial charge in [0.1, 0.15) is 5.75 Å². The number of aromatic nitrogens is 2. The highest BCUT2D eigenvalue weighted by Gasteiger charge is 2.34. The summed E-state index contributed by atoms with van der Waals surface area (Å²) in [6.45, 7) is 5.53. The number of ether oxygens (including phenoxy) is 1. The van der Waals surface area contributed by atoms with E-state index in [1.807, 2.05) is 48.2 Å². The van der Waals surface area contributed by atoms with Crippen LogP contribution in [0.15, 0.2) is 36.4 Å². The van der Waals surface area contributed by atoms with Gasteiger partial charge < -0.3 is 19.4 Å². The Labute approximate surface area is 189 Å². The van der Waals surface area contributed by atoms with Crippen LogP contribution in [-0.4, -0.2) is 78.2 Å². The molecule has 0 spiro atoms. The highest BCUT2D eigenvalue weighted by molar-refractivity contribution is 5.87. The van der Waals surface area contributed by atoms with Crippen LogP contribution in [0, 0.1) is 5.92 Å². The first-order chi connectivity index (χ1) is 15.6. The molecule has 0 atom stereocenters. The van der Waals surface area contributed by atoms with Crippen molar-refractivity contribution in [2.75, 3.05) is 51.3 Å². The van der Waals surface area contributed by atoms with Crippen LogP contribution in [0.3, 0.4) is 0 Å². The molecule has 0 bridgehead atoms. The van der Waals surface area contributed by atoms with Crippen molar-refractivity contribution < 1.29 is 14.3 Å². The topological polar surface area (TPSA) is 78.9 Å². The summed E-state index contributed by atoms with van der Waals surface area (Å²) < 4.78 is 5.20. The van der Waals surface area contributed by atoms with E-state index in [1.54, 1.807) is 12.0 Å². The Morgan fingerprint density at radius 2 is 1.75 bits per heavy atom. The molecule has 0 N–H and O–H groups in total. The summed E-state index contributed by atoms with van der Waals surface area (Å²) in [6.07, 6.45) is 2.79. The minimum absolute atomic E-state index is 0.0352. The molecule has 0 radical (unpaired) electrons. The van der Waals surface area contributed by atoms with Gasteiger partial charge in [-0.25, -0.2) is 0 Å². The molecule has 170 valence electrons.